The number of aliphatic imine (C=N–C) groups is 1. The second kappa shape index (κ2) is 10.1. The lowest BCUT2D eigenvalue weighted by Gasteiger charge is -2.31. The molecule has 0 bridgehead atoms. The molecule has 4 rings (SSSR count). The summed E-state index contributed by atoms with van der Waals surface area (Å²) in [4.78, 5) is 24.2. The van der Waals surface area contributed by atoms with Crippen LogP contribution < -0.4 is 14.4 Å². The van der Waals surface area contributed by atoms with Gasteiger partial charge in [0.25, 0.3) is 0 Å². The summed E-state index contributed by atoms with van der Waals surface area (Å²) in [6, 6.07) is 11.2. The van der Waals surface area contributed by atoms with E-state index in [-0.39, 0.29) is 11.9 Å². The monoisotopic (exact) mass is 464 g/mol. The average molecular weight is 465 g/mol. The van der Waals surface area contributed by atoms with Crippen LogP contribution in [-0.4, -0.2) is 61.1 Å². The quantitative estimate of drug-likeness (QED) is 0.474. The SMILES string of the molecule is CCC(=Nc1ccc(N(C)C(=O)N2CCCCC2)cc1)c1c(O)[nH]c2cc(OC)c(OC)cc12. The normalized spacial score (nSPS) is 14.4. The number of amides is 2. The number of methoxy groups -OCH3 is 2. The maximum Gasteiger partial charge on any atom is 0.324 e. The summed E-state index contributed by atoms with van der Waals surface area (Å²) in [7, 11) is 4.96. The standard InChI is InChI=1S/C26H32N4O4/c1-5-20(24-19-15-22(33-3)23(34-4)16-21(19)28-25(24)31)27-17-9-11-18(12-10-17)29(2)26(32)30-13-7-6-8-14-30/h9-12,15-16,28,31H,5-8,13-14H2,1-4H3. The number of benzene rings is 2. The zero-order chi connectivity index (χ0) is 24.2. The fourth-order valence-corrected chi connectivity index (χ4v) is 4.43. The number of ether oxygens (including phenoxy) is 2. The van der Waals surface area contributed by atoms with E-state index in [1.807, 2.05) is 42.2 Å². The summed E-state index contributed by atoms with van der Waals surface area (Å²) in [6.07, 6.45) is 3.93. The van der Waals surface area contributed by atoms with Crippen LogP contribution in [0, 0.1) is 0 Å². The first-order chi connectivity index (χ1) is 16.5. The Morgan fingerprint density at radius 1 is 1.09 bits per heavy atom. The number of hydrogen-bond acceptors (Lipinski definition) is 5. The largest absolute Gasteiger partial charge is 0.494 e. The lowest BCUT2D eigenvalue weighted by molar-refractivity contribution is 0.194. The van der Waals surface area contributed by atoms with Crippen molar-refractivity contribution in [1.29, 1.82) is 0 Å². The molecule has 0 unspecified atom stereocenters. The highest BCUT2D eigenvalue weighted by Crippen LogP contribution is 2.37. The summed E-state index contributed by atoms with van der Waals surface area (Å²) in [5.74, 6) is 1.21. The number of carbonyl (C=O) groups excluding carboxylic acids is 1. The Morgan fingerprint density at radius 2 is 1.74 bits per heavy atom. The van der Waals surface area contributed by atoms with Crippen LogP contribution in [0.3, 0.4) is 0 Å². The van der Waals surface area contributed by atoms with Crippen molar-refractivity contribution in [2.24, 2.45) is 4.99 Å². The number of piperidine rings is 1. The molecule has 8 heteroatoms. The first-order valence-electron chi connectivity index (χ1n) is 11.6. The van der Waals surface area contributed by atoms with Crippen LogP contribution >= 0.6 is 0 Å². The number of carbonyl (C=O) groups is 1. The molecule has 2 heterocycles. The maximum atomic E-state index is 12.8. The second-order valence-corrected chi connectivity index (χ2v) is 8.42. The highest BCUT2D eigenvalue weighted by molar-refractivity contribution is 6.14. The van der Waals surface area contributed by atoms with Crippen molar-refractivity contribution in [2.75, 3.05) is 39.3 Å². The molecular formula is C26H32N4O4. The number of H-pyrrole nitrogens is 1. The number of nitrogens with one attached hydrogen (secondary N) is 1. The Hall–Kier alpha value is -3.68. The highest BCUT2D eigenvalue weighted by atomic mass is 16.5. The Morgan fingerprint density at radius 3 is 2.35 bits per heavy atom. The van der Waals surface area contributed by atoms with Gasteiger partial charge in [-0.1, -0.05) is 6.92 Å². The van der Waals surface area contributed by atoms with Crippen molar-refractivity contribution < 1.29 is 19.4 Å². The van der Waals surface area contributed by atoms with Crippen LogP contribution in [0.5, 0.6) is 17.4 Å². The molecule has 1 fully saturated rings. The van der Waals surface area contributed by atoms with E-state index in [0.29, 0.717) is 23.5 Å². The molecule has 34 heavy (non-hydrogen) atoms. The number of fused-ring (bicyclic) bond motifs is 1. The summed E-state index contributed by atoms with van der Waals surface area (Å²) < 4.78 is 10.8. The lowest BCUT2D eigenvalue weighted by Crippen LogP contribution is -2.43. The predicted molar refractivity (Wildman–Crippen MR) is 135 cm³/mol. The third kappa shape index (κ3) is 4.53. The number of anilines is 1. The van der Waals surface area contributed by atoms with Gasteiger partial charge in [0.2, 0.25) is 0 Å². The van der Waals surface area contributed by atoms with Gasteiger partial charge in [0, 0.05) is 37.3 Å². The third-order valence-electron chi connectivity index (χ3n) is 6.32. The molecule has 2 N–H and O–H groups in total. The van der Waals surface area contributed by atoms with E-state index in [9.17, 15) is 9.90 Å². The molecule has 0 spiro atoms. The Labute approximate surface area is 199 Å². The fraction of sp³-hybridized carbons (Fsp3) is 0.385. The number of hydrogen-bond donors (Lipinski definition) is 2. The van der Waals surface area contributed by atoms with Gasteiger partial charge in [0.15, 0.2) is 17.4 Å². The van der Waals surface area contributed by atoms with Crippen LogP contribution in [0.25, 0.3) is 10.9 Å². The first kappa shape index (κ1) is 23.5. The number of urea groups is 1. The second-order valence-electron chi connectivity index (χ2n) is 8.42. The molecule has 1 saturated heterocycles. The summed E-state index contributed by atoms with van der Waals surface area (Å²) in [6.45, 7) is 3.63. The van der Waals surface area contributed by atoms with E-state index in [0.717, 1.165) is 53.9 Å². The van der Waals surface area contributed by atoms with Crippen molar-refractivity contribution in [2.45, 2.75) is 32.6 Å². The van der Waals surface area contributed by atoms with E-state index < -0.39 is 0 Å². The molecule has 2 amide bonds. The summed E-state index contributed by atoms with van der Waals surface area (Å²) >= 11 is 0. The minimum absolute atomic E-state index is 0.0262. The molecular weight excluding hydrogens is 432 g/mol. The first-order valence-corrected chi connectivity index (χ1v) is 11.6. The van der Waals surface area contributed by atoms with Gasteiger partial charge in [0.05, 0.1) is 36.7 Å². The number of rotatable bonds is 6. The Kier molecular flexibility index (Phi) is 6.95. The molecule has 8 nitrogen and oxygen atoms in total. The fourth-order valence-electron chi connectivity index (χ4n) is 4.43. The van der Waals surface area contributed by atoms with Gasteiger partial charge in [-0.3, -0.25) is 9.89 Å². The smallest absolute Gasteiger partial charge is 0.324 e. The van der Waals surface area contributed by atoms with Gasteiger partial charge in [-0.25, -0.2) is 4.79 Å². The lowest BCUT2D eigenvalue weighted by atomic mass is 10.1. The molecule has 3 aromatic rings. The minimum Gasteiger partial charge on any atom is -0.494 e. The summed E-state index contributed by atoms with van der Waals surface area (Å²) in [5.41, 5.74) is 3.67. The van der Waals surface area contributed by atoms with Crippen molar-refractivity contribution in [1.82, 2.24) is 9.88 Å². The number of nitrogens with zero attached hydrogens (tertiary/aromatic N) is 3. The highest BCUT2D eigenvalue weighted by Gasteiger charge is 2.21. The minimum atomic E-state index is 0.0262. The molecule has 180 valence electrons. The van der Waals surface area contributed by atoms with Gasteiger partial charge < -0.3 is 24.5 Å². The van der Waals surface area contributed by atoms with Crippen molar-refractivity contribution in [3.8, 4) is 17.4 Å². The molecule has 0 aliphatic carbocycles. The van der Waals surface area contributed by atoms with Gasteiger partial charge in [0.1, 0.15) is 0 Å². The molecule has 2 aromatic carbocycles. The molecule has 1 aliphatic heterocycles. The van der Waals surface area contributed by atoms with Gasteiger partial charge >= 0.3 is 6.03 Å². The molecule has 0 atom stereocenters. The zero-order valence-corrected chi connectivity index (χ0v) is 20.2. The molecule has 1 aliphatic rings. The number of likely N-dealkylation sites (tertiary alicyclic amines) is 1. The molecule has 0 saturated carbocycles. The van der Waals surface area contributed by atoms with Crippen LogP contribution in [-0.2, 0) is 0 Å². The number of aromatic hydroxyl groups is 1. The number of aromatic nitrogens is 1. The topological polar surface area (TPSA) is 90.4 Å². The van der Waals surface area contributed by atoms with Gasteiger partial charge in [-0.05, 0) is 56.0 Å². The van der Waals surface area contributed by atoms with E-state index in [4.69, 9.17) is 14.5 Å². The summed E-state index contributed by atoms with van der Waals surface area (Å²) in [5, 5.41) is 11.5. The molecule has 1 aromatic heterocycles. The Bertz CT molecular complexity index is 1190. The van der Waals surface area contributed by atoms with E-state index in [1.165, 1.54) is 6.42 Å². The third-order valence-corrected chi connectivity index (χ3v) is 6.32. The van der Waals surface area contributed by atoms with E-state index in [1.54, 1.807) is 32.2 Å². The van der Waals surface area contributed by atoms with E-state index >= 15 is 0 Å². The average Bonchev–Trinajstić information content (AvgIpc) is 3.20. The van der Waals surface area contributed by atoms with Gasteiger partial charge in [-0.2, -0.15) is 0 Å². The van der Waals surface area contributed by atoms with Crippen molar-refractivity contribution >= 4 is 34.0 Å². The van der Waals surface area contributed by atoms with Crippen LogP contribution in [0.1, 0.15) is 38.2 Å². The Balaban J connectivity index is 1.62. The van der Waals surface area contributed by atoms with Crippen LogP contribution in [0.2, 0.25) is 0 Å². The van der Waals surface area contributed by atoms with Crippen LogP contribution in [0.4, 0.5) is 16.2 Å². The predicted octanol–water partition coefficient (Wildman–Crippen LogP) is 5.46. The zero-order valence-electron chi connectivity index (χ0n) is 20.2. The maximum absolute atomic E-state index is 12.8. The van der Waals surface area contributed by atoms with E-state index in [2.05, 4.69) is 4.98 Å². The number of aromatic amines is 1. The van der Waals surface area contributed by atoms with Crippen molar-refractivity contribution in [3.63, 3.8) is 0 Å². The van der Waals surface area contributed by atoms with Crippen molar-refractivity contribution in [3.05, 3.63) is 42.0 Å². The molecule has 0 radical (unpaired) electrons. The van der Waals surface area contributed by atoms with Gasteiger partial charge in [-0.15, -0.1) is 0 Å². The van der Waals surface area contributed by atoms with Crippen LogP contribution in [0.15, 0.2) is 41.4 Å².